The molecule has 10 heteroatoms. The number of rotatable bonds is 3. The van der Waals surface area contributed by atoms with Crippen LogP contribution in [0.15, 0.2) is 23.5 Å². The third-order valence-corrected chi connectivity index (χ3v) is 3.73. The van der Waals surface area contributed by atoms with Crippen LogP contribution < -0.4 is 0 Å². The number of nitrogens with zero attached hydrogens (tertiary/aromatic N) is 6. The van der Waals surface area contributed by atoms with E-state index < -0.39 is 11.9 Å². The zero-order chi connectivity index (χ0) is 15.9. The summed E-state index contributed by atoms with van der Waals surface area (Å²) in [6.45, 7) is 2.00. The highest BCUT2D eigenvalue weighted by molar-refractivity contribution is 7.99. The molecule has 0 radical (unpaired) electrons. The number of halogens is 3. The third-order valence-electron chi connectivity index (χ3n) is 2.83. The lowest BCUT2D eigenvalue weighted by atomic mass is 10.4. The number of alkyl halides is 3. The van der Waals surface area contributed by atoms with Gasteiger partial charge in [0, 0.05) is 19.3 Å². The van der Waals surface area contributed by atoms with E-state index in [4.69, 9.17) is 0 Å². The Kier molecular flexibility index (Phi) is 3.55. The molecule has 0 fully saturated rings. The third kappa shape index (κ3) is 2.65. The van der Waals surface area contributed by atoms with Gasteiger partial charge in [0.2, 0.25) is 5.82 Å². The summed E-state index contributed by atoms with van der Waals surface area (Å²) in [5, 5.41) is 8.43. The van der Waals surface area contributed by atoms with E-state index in [1.54, 1.807) is 23.5 Å². The Hall–Kier alpha value is -2.10. The van der Waals surface area contributed by atoms with Crippen LogP contribution >= 0.6 is 11.8 Å². The van der Waals surface area contributed by atoms with Gasteiger partial charge in [0.1, 0.15) is 17.7 Å². The van der Waals surface area contributed by atoms with Gasteiger partial charge in [-0.2, -0.15) is 18.3 Å². The fraction of sp³-hybridized carbons (Fsp3) is 0.333. The molecule has 3 rings (SSSR count). The van der Waals surface area contributed by atoms with E-state index in [0.717, 1.165) is 23.0 Å². The number of aryl methyl sites for hydroxylation is 1. The number of aromatic nitrogens is 6. The van der Waals surface area contributed by atoms with Crippen LogP contribution in [0.2, 0.25) is 0 Å². The Morgan fingerprint density at radius 2 is 2.05 bits per heavy atom. The van der Waals surface area contributed by atoms with Crippen molar-refractivity contribution in [2.24, 2.45) is 7.05 Å². The van der Waals surface area contributed by atoms with Gasteiger partial charge in [0.05, 0.1) is 4.90 Å². The van der Waals surface area contributed by atoms with E-state index in [2.05, 4.69) is 20.2 Å². The van der Waals surface area contributed by atoms with Crippen molar-refractivity contribution in [2.75, 3.05) is 5.75 Å². The SMILES string of the molecule is CCSc1cn(C)nc1-c1nc2cc(C(F)(F)F)ncn2n1. The minimum atomic E-state index is -4.51. The molecule has 0 saturated heterocycles. The van der Waals surface area contributed by atoms with Crippen LogP contribution in [0.1, 0.15) is 12.6 Å². The maximum absolute atomic E-state index is 12.7. The van der Waals surface area contributed by atoms with Crippen LogP contribution in [0, 0.1) is 0 Å². The quantitative estimate of drug-likeness (QED) is 0.692. The molecule has 3 heterocycles. The lowest BCUT2D eigenvalue weighted by Gasteiger charge is -2.03. The van der Waals surface area contributed by atoms with Crippen molar-refractivity contribution in [1.29, 1.82) is 0 Å². The summed E-state index contributed by atoms with van der Waals surface area (Å²) in [5.41, 5.74) is -0.370. The summed E-state index contributed by atoms with van der Waals surface area (Å²) in [7, 11) is 1.77. The van der Waals surface area contributed by atoms with Crippen molar-refractivity contribution < 1.29 is 13.2 Å². The van der Waals surface area contributed by atoms with Gasteiger partial charge >= 0.3 is 6.18 Å². The van der Waals surface area contributed by atoms with Crippen molar-refractivity contribution in [3.05, 3.63) is 24.3 Å². The average Bonchev–Trinajstić information content (AvgIpc) is 3.00. The molecule has 0 bridgehead atoms. The minimum absolute atomic E-state index is 0.0791. The lowest BCUT2D eigenvalue weighted by Crippen LogP contribution is -2.08. The van der Waals surface area contributed by atoms with Crippen molar-refractivity contribution in [2.45, 2.75) is 18.0 Å². The summed E-state index contributed by atoms with van der Waals surface area (Å²) < 4.78 is 40.9. The van der Waals surface area contributed by atoms with E-state index >= 15 is 0 Å². The highest BCUT2D eigenvalue weighted by atomic mass is 32.2. The normalized spacial score (nSPS) is 12.2. The van der Waals surface area contributed by atoms with Crippen LogP contribution in [0.3, 0.4) is 0 Å². The largest absolute Gasteiger partial charge is 0.433 e. The number of fused-ring (bicyclic) bond motifs is 1. The maximum atomic E-state index is 12.7. The molecule has 0 aliphatic heterocycles. The van der Waals surface area contributed by atoms with E-state index in [1.807, 2.05) is 13.1 Å². The van der Waals surface area contributed by atoms with Crippen molar-refractivity contribution >= 4 is 17.4 Å². The van der Waals surface area contributed by atoms with Gasteiger partial charge in [-0.1, -0.05) is 6.92 Å². The molecule has 0 aromatic carbocycles. The minimum Gasteiger partial charge on any atom is -0.274 e. The van der Waals surface area contributed by atoms with Crippen LogP contribution in [-0.4, -0.2) is 35.1 Å². The fourth-order valence-electron chi connectivity index (χ4n) is 1.93. The van der Waals surface area contributed by atoms with Gasteiger partial charge < -0.3 is 0 Å². The number of hydrogen-bond acceptors (Lipinski definition) is 5. The molecule has 6 nitrogen and oxygen atoms in total. The molecule has 3 aromatic rings. The topological polar surface area (TPSA) is 60.9 Å². The Labute approximate surface area is 127 Å². The molecule has 22 heavy (non-hydrogen) atoms. The number of hydrogen-bond donors (Lipinski definition) is 0. The monoisotopic (exact) mass is 328 g/mol. The molecule has 0 N–H and O–H groups in total. The molecule has 116 valence electrons. The van der Waals surface area contributed by atoms with Gasteiger partial charge in [-0.15, -0.1) is 16.9 Å². The van der Waals surface area contributed by atoms with Crippen LogP contribution in [0.25, 0.3) is 17.2 Å². The predicted molar refractivity (Wildman–Crippen MR) is 74.4 cm³/mol. The lowest BCUT2D eigenvalue weighted by molar-refractivity contribution is -0.141. The second-order valence-corrected chi connectivity index (χ2v) is 5.76. The summed E-state index contributed by atoms with van der Waals surface area (Å²) in [5.74, 6) is 1.11. The summed E-state index contributed by atoms with van der Waals surface area (Å²) in [6, 6.07) is 0.867. The second kappa shape index (κ2) is 5.27. The first-order chi connectivity index (χ1) is 10.4. The Bertz CT molecular complexity index is 822. The van der Waals surface area contributed by atoms with Gasteiger partial charge in [-0.3, -0.25) is 4.68 Å². The summed E-state index contributed by atoms with van der Waals surface area (Å²) in [4.78, 5) is 8.37. The fourth-order valence-corrected chi connectivity index (χ4v) is 2.74. The highest BCUT2D eigenvalue weighted by Crippen LogP contribution is 2.30. The standard InChI is InChI=1S/C12H11F3N6S/c1-3-22-7-5-20(2)18-10(7)11-17-9-4-8(12(13,14)15)16-6-21(9)19-11/h4-6H,3H2,1-2H3. The van der Waals surface area contributed by atoms with E-state index in [1.165, 1.54) is 4.52 Å². The molecular weight excluding hydrogens is 317 g/mol. The molecule has 0 amide bonds. The van der Waals surface area contributed by atoms with Crippen molar-refractivity contribution in [1.82, 2.24) is 29.4 Å². The smallest absolute Gasteiger partial charge is 0.274 e. The van der Waals surface area contributed by atoms with Crippen molar-refractivity contribution in [3.63, 3.8) is 0 Å². The van der Waals surface area contributed by atoms with Crippen molar-refractivity contribution in [3.8, 4) is 11.5 Å². The number of thioether (sulfide) groups is 1. The molecular formula is C12H11F3N6S. The summed E-state index contributed by atoms with van der Waals surface area (Å²) >= 11 is 1.57. The first-order valence-corrected chi connectivity index (χ1v) is 7.33. The first kappa shape index (κ1) is 14.8. The van der Waals surface area contributed by atoms with E-state index in [0.29, 0.717) is 5.69 Å². The molecule has 0 saturated carbocycles. The van der Waals surface area contributed by atoms with Crippen LogP contribution in [0.5, 0.6) is 0 Å². The second-order valence-electron chi connectivity index (χ2n) is 4.46. The van der Waals surface area contributed by atoms with Crippen LogP contribution in [-0.2, 0) is 13.2 Å². The Morgan fingerprint density at radius 3 is 2.73 bits per heavy atom. The molecule has 0 spiro atoms. The molecule has 0 unspecified atom stereocenters. The molecule has 0 aliphatic carbocycles. The summed E-state index contributed by atoms with van der Waals surface area (Å²) in [6.07, 6.45) is -1.68. The Morgan fingerprint density at radius 1 is 1.27 bits per heavy atom. The van der Waals surface area contributed by atoms with E-state index in [-0.39, 0.29) is 11.5 Å². The molecule has 0 atom stereocenters. The maximum Gasteiger partial charge on any atom is 0.433 e. The van der Waals surface area contributed by atoms with Crippen LogP contribution in [0.4, 0.5) is 13.2 Å². The van der Waals surface area contributed by atoms with Gasteiger partial charge in [0.25, 0.3) is 0 Å². The first-order valence-electron chi connectivity index (χ1n) is 6.35. The zero-order valence-electron chi connectivity index (χ0n) is 11.7. The van der Waals surface area contributed by atoms with Gasteiger partial charge in [-0.05, 0) is 5.75 Å². The average molecular weight is 328 g/mol. The zero-order valence-corrected chi connectivity index (χ0v) is 12.5. The highest BCUT2D eigenvalue weighted by Gasteiger charge is 2.33. The van der Waals surface area contributed by atoms with Gasteiger partial charge in [-0.25, -0.2) is 14.5 Å². The van der Waals surface area contributed by atoms with Gasteiger partial charge in [0.15, 0.2) is 5.65 Å². The predicted octanol–water partition coefficient (Wildman–Crippen LogP) is 2.66. The Balaban J connectivity index is 2.09. The van der Waals surface area contributed by atoms with E-state index in [9.17, 15) is 13.2 Å². The molecule has 0 aliphatic rings. The molecule has 3 aromatic heterocycles.